The first-order chi connectivity index (χ1) is 5.79. The fourth-order valence-electron chi connectivity index (χ4n) is 1.31. The van der Waals surface area contributed by atoms with Crippen LogP contribution >= 0.6 is 27.3 Å². The molecule has 2 heterocycles. The highest BCUT2D eigenvalue weighted by molar-refractivity contribution is 9.10. The van der Waals surface area contributed by atoms with Crippen molar-refractivity contribution in [3.8, 4) is 0 Å². The molecule has 2 rings (SSSR count). The molecule has 0 saturated carbocycles. The van der Waals surface area contributed by atoms with Gasteiger partial charge < -0.3 is 4.90 Å². The summed E-state index contributed by atoms with van der Waals surface area (Å²) < 4.78 is 0. The van der Waals surface area contributed by atoms with Crippen LogP contribution in [0.15, 0.2) is 16.8 Å². The summed E-state index contributed by atoms with van der Waals surface area (Å²) in [5, 5.41) is 3.99. The van der Waals surface area contributed by atoms with Crippen molar-refractivity contribution in [2.75, 3.05) is 11.4 Å². The van der Waals surface area contributed by atoms with Crippen molar-refractivity contribution in [2.24, 2.45) is 0 Å². The van der Waals surface area contributed by atoms with Crippen LogP contribution in [0.25, 0.3) is 0 Å². The topological polar surface area (TPSA) is 20.3 Å². The van der Waals surface area contributed by atoms with E-state index in [1.165, 1.54) is 0 Å². The van der Waals surface area contributed by atoms with Gasteiger partial charge in [0, 0.05) is 11.9 Å². The Hall–Kier alpha value is -0.350. The van der Waals surface area contributed by atoms with E-state index < -0.39 is 0 Å². The molecule has 4 heteroatoms. The largest absolute Gasteiger partial charge is 0.311 e. The summed E-state index contributed by atoms with van der Waals surface area (Å²) in [4.78, 5) is 13.3. The molecule has 0 aromatic carbocycles. The number of rotatable bonds is 1. The Kier molecular flexibility index (Phi) is 2.19. The van der Waals surface area contributed by atoms with Crippen molar-refractivity contribution >= 4 is 38.9 Å². The van der Waals surface area contributed by atoms with Gasteiger partial charge in [-0.05, 0) is 17.9 Å². The van der Waals surface area contributed by atoms with Crippen molar-refractivity contribution in [3.63, 3.8) is 0 Å². The van der Waals surface area contributed by atoms with Crippen LogP contribution in [-0.2, 0) is 4.79 Å². The van der Waals surface area contributed by atoms with E-state index in [9.17, 15) is 4.79 Å². The van der Waals surface area contributed by atoms with Crippen LogP contribution in [-0.4, -0.2) is 17.3 Å². The Bertz CT molecular complexity index is 285. The number of anilines is 1. The number of carbonyl (C=O) groups is 1. The van der Waals surface area contributed by atoms with E-state index in [0.717, 1.165) is 18.7 Å². The highest BCUT2D eigenvalue weighted by Gasteiger charge is 2.30. The predicted octanol–water partition coefficient (Wildman–Crippen LogP) is 2.25. The lowest BCUT2D eigenvalue weighted by Gasteiger charge is -2.12. The third kappa shape index (κ3) is 1.29. The zero-order chi connectivity index (χ0) is 8.55. The summed E-state index contributed by atoms with van der Waals surface area (Å²) in [6.45, 7) is 0.839. The van der Waals surface area contributed by atoms with Gasteiger partial charge in [0.25, 0.3) is 0 Å². The molecule has 1 saturated heterocycles. The lowest BCUT2D eigenvalue weighted by Crippen LogP contribution is -2.26. The Morgan fingerprint density at radius 3 is 3.00 bits per heavy atom. The van der Waals surface area contributed by atoms with Crippen LogP contribution < -0.4 is 4.90 Å². The van der Waals surface area contributed by atoms with Crippen molar-refractivity contribution in [1.29, 1.82) is 0 Å². The lowest BCUT2D eigenvalue weighted by molar-refractivity contribution is -0.116. The van der Waals surface area contributed by atoms with Gasteiger partial charge in [0.2, 0.25) is 5.91 Å². The van der Waals surface area contributed by atoms with Crippen molar-refractivity contribution in [2.45, 2.75) is 11.2 Å². The van der Waals surface area contributed by atoms with E-state index in [2.05, 4.69) is 15.9 Å². The second-order valence-corrected chi connectivity index (χ2v) is 4.61. The zero-order valence-electron chi connectivity index (χ0n) is 6.37. The minimum Gasteiger partial charge on any atom is -0.311 e. The molecule has 1 aliphatic rings. The van der Waals surface area contributed by atoms with Crippen LogP contribution in [0.4, 0.5) is 5.69 Å². The van der Waals surface area contributed by atoms with Gasteiger partial charge in [0.1, 0.15) is 0 Å². The second-order valence-electron chi connectivity index (χ2n) is 2.73. The first-order valence-corrected chi connectivity index (χ1v) is 5.62. The molecule has 1 aromatic heterocycles. The lowest BCUT2D eigenvalue weighted by atomic mass is 10.4. The molecule has 1 unspecified atom stereocenters. The number of nitrogens with zero attached hydrogens (tertiary/aromatic N) is 1. The van der Waals surface area contributed by atoms with E-state index in [1.54, 1.807) is 11.3 Å². The number of carbonyl (C=O) groups excluding carboxylic acids is 1. The monoisotopic (exact) mass is 245 g/mol. The number of halogens is 1. The Morgan fingerprint density at radius 2 is 2.50 bits per heavy atom. The molecule has 12 heavy (non-hydrogen) atoms. The van der Waals surface area contributed by atoms with E-state index in [-0.39, 0.29) is 10.7 Å². The number of hydrogen-bond donors (Lipinski definition) is 0. The third-order valence-electron chi connectivity index (χ3n) is 1.96. The Morgan fingerprint density at radius 1 is 1.67 bits per heavy atom. The highest BCUT2D eigenvalue weighted by atomic mass is 79.9. The summed E-state index contributed by atoms with van der Waals surface area (Å²) in [7, 11) is 0. The molecular weight excluding hydrogens is 238 g/mol. The molecule has 0 bridgehead atoms. The summed E-state index contributed by atoms with van der Waals surface area (Å²) in [6, 6.07) is 1.98. The number of amides is 1. The van der Waals surface area contributed by atoms with Crippen LogP contribution in [0.5, 0.6) is 0 Å². The summed E-state index contributed by atoms with van der Waals surface area (Å²) in [5.74, 6) is 0.188. The molecule has 1 aliphatic heterocycles. The summed E-state index contributed by atoms with van der Waals surface area (Å²) in [5.41, 5.74) is 1.03. The third-order valence-corrected chi connectivity index (χ3v) is 3.48. The molecule has 0 radical (unpaired) electrons. The van der Waals surface area contributed by atoms with Gasteiger partial charge in [-0.15, -0.1) is 0 Å². The average molecular weight is 246 g/mol. The van der Waals surface area contributed by atoms with Gasteiger partial charge in [-0.1, -0.05) is 15.9 Å². The smallest absolute Gasteiger partial charge is 0.240 e. The van der Waals surface area contributed by atoms with E-state index >= 15 is 0 Å². The Balaban J connectivity index is 2.22. The van der Waals surface area contributed by atoms with Crippen LogP contribution in [0.3, 0.4) is 0 Å². The molecule has 0 spiro atoms. The maximum Gasteiger partial charge on any atom is 0.240 e. The summed E-state index contributed by atoms with van der Waals surface area (Å²) in [6.07, 6.45) is 0.911. The normalized spacial score (nSPS) is 23.6. The quantitative estimate of drug-likeness (QED) is 0.696. The van der Waals surface area contributed by atoms with E-state index in [4.69, 9.17) is 0 Å². The number of alkyl halides is 1. The maximum absolute atomic E-state index is 11.5. The zero-order valence-corrected chi connectivity index (χ0v) is 8.77. The molecule has 2 nitrogen and oxygen atoms in total. The van der Waals surface area contributed by atoms with E-state index in [1.807, 2.05) is 21.7 Å². The fourth-order valence-corrected chi connectivity index (χ4v) is 2.41. The molecule has 1 amide bonds. The van der Waals surface area contributed by atoms with Gasteiger partial charge in [-0.2, -0.15) is 11.3 Å². The predicted molar refractivity (Wildman–Crippen MR) is 54.0 cm³/mol. The minimum absolute atomic E-state index is 0.0254. The van der Waals surface area contributed by atoms with Crippen LogP contribution in [0.2, 0.25) is 0 Å². The van der Waals surface area contributed by atoms with Gasteiger partial charge in [-0.3, -0.25) is 4.79 Å². The second kappa shape index (κ2) is 3.18. The van der Waals surface area contributed by atoms with Crippen molar-refractivity contribution in [1.82, 2.24) is 0 Å². The number of thiophene rings is 1. The molecule has 0 aliphatic carbocycles. The highest BCUT2D eigenvalue weighted by Crippen LogP contribution is 2.26. The molecule has 0 N–H and O–H groups in total. The van der Waals surface area contributed by atoms with E-state index in [0.29, 0.717) is 0 Å². The maximum atomic E-state index is 11.5. The van der Waals surface area contributed by atoms with Crippen LogP contribution in [0, 0.1) is 0 Å². The van der Waals surface area contributed by atoms with Crippen molar-refractivity contribution < 1.29 is 4.79 Å². The minimum atomic E-state index is 0.0254. The van der Waals surface area contributed by atoms with Gasteiger partial charge >= 0.3 is 0 Å². The van der Waals surface area contributed by atoms with Gasteiger partial charge in [0.15, 0.2) is 0 Å². The average Bonchev–Trinajstić information content (AvgIpc) is 2.64. The summed E-state index contributed by atoms with van der Waals surface area (Å²) >= 11 is 4.96. The molecule has 1 fully saturated rings. The molecular formula is C8H8BrNOS. The first kappa shape index (κ1) is 8.26. The molecule has 64 valence electrons. The van der Waals surface area contributed by atoms with Gasteiger partial charge in [0.05, 0.1) is 10.5 Å². The first-order valence-electron chi connectivity index (χ1n) is 3.76. The molecule has 1 atom stereocenters. The number of hydrogen-bond acceptors (Lipinski definition) is 2. The Labute approximate surface area is 83.3 Å². The fraction of sp³-hybridized carbons (Fsp3) is 0.375. The van der Waals surface area contributed by atoms with Crippen LogP contribution in [0.1, 0.15) is 6.42 Å². The SMILES string of the molecule is O=C1C(Br)CCN1c1ccsc1. The van der Waals surface area contributed by atoms with Gasteiger partial charge in [-0.25, -0.2) is 0 Å². The standard InChI is InChI=1S/C8H8BrNOS/c9-7-1-3-10(8(7)11)6-2-4-12-5-6/h2,4-5,7H,1,3H2. The van der Waals surface area contributed by atoms with Crippen molar-refractivity contribution in [3.05, 3.63) is 16.8 Å². The molecule has 1 aromatic rings.